The van der Waals surface area contributed by atoms with Crippen LogP contribution in [-0.2, 0) is 0 Å². The number of carbonyl (C=O) groups excluding carboxylic acids is 1. The lowest BCUT2D eigenvalue weighted by molar-refractivity contribution is -0.384. The fraction of sp³-hybridized carbons (Fsp3) is 0.0476. The summed E-state index contributed by atoms with van der Waals surface area (Å²) in [6.07, 6.45) is 0. The lowest BCUT2D eigenvalue weighted by Crippen LogP contribution is -2.14. The minimum Gasteiger partial charge on any atom is -0.497 e. The number of carboxylic acid groups (broad SMARTS) is 1. The molecule has 2 heterocycles. The van der Waals surface area contributed by atoms with Crippen LogP contribution in [0, 0.1) is 10.1 Å². The molecule has 0 amide bonds. The summed E-state index contributed by atoms with van der Waals surface area (Å²) in [6.45, 7) is 0. The second-order valence-electron chi connectivity index (χ2n) is 6.42. The summed E-state index contributed by atoms with van der Waals surface area (Å²) in [5, 5.41) is 21.5. The zero-order valence-electron chi connectivity index (χ0n) is 15.9. The van der Waals surface area contributed by atoms with Gasteiger partial charge in [0.15, 0.2) is 11.4 Å². The maximum absolute atomic E-state index is 12.6. The van der Waals surface area contributed by atoms with Crippen molar-refractivity contribution in [3.05, 3.63) is 76.1 Å². The standard InChI is InChI=1S/C21H13N3O7/c1-30-14-5-7-15-11(8-14)3-6-16(22-15)21(27)31-18-9-12-2-4-13(24(28)29)10-17(12)23-19(18)20(25)26/h2-10H,1H3,(H,25,26). The molecule has 0 aliphatic heterocycles. The minimum absolute atomic E-state index is 0.0298. The largest absolute Gasteiger partial charge is 0.497 e. The van der Waals surface area contributed by atoms with Gasteiger partial charge >= 0.3 is 11.9 Å². The average Bonchev–Trinajstić information content (AvgIpc) is 2.77. The molecule has 0 bridgehead atoms. The molecule has 0 aliphatic rings. The highest BCUT2D eigenvalue weighted by Gasteiger charge is 2.21. The van der Waals surface area contributed by atoms with E-state index in [-0.39, 0.29) is 22.6 Å². The fourth-order valence-electron chi connectivity index (χ4n) is 2.98. The van der Waals surface area contributed by atoms with Crippen LogP contribution in [0.15, 0.2) is 54.6 Å². The summed E-state index contributed by atoms with van der Waals surface area (Å²) < 4.78 is 10.4. The van der Waals surface area contributed by atoms with Crippen LogP contribution in [0.5, 0.6) is 11.5 Å². The van der Waals surface area contributed by atoms with Crippen LogP contribution >= 0.6 is 0 Å². The van der Waals surface area contributed by atoms with Gasteiger partial charge in [-0.25, -0.2) is 19.6 Å². The monoisotopic (exact) mass is 419 g/mol. The Morgan fingerprint density at radius 2 is 1.71 bits per heavy atom. The van der Waals surface area contributed by atoms with Gasteiger partial charge in [-0.3, -0.25) is 10.1 Å². The lowest BCUT2D eigenvalue weighted by Gasteiger charge is -2.09. The molecule has 0 fully saturated rings. The van der Waals surface area contributed by atoms with Crippen molar-refractivity contribution in [1.82, 2.24) is 9.97 Å². The SMILES string of the molecule is COc1ccc2nc(C(=O)Oc3cc4ccc([N+](=O)[O-])cc4nc3C(=O)O)ccc2c1. The van der Waals surface area contributed by atoms with E-state index in [4.69, 9.17) is 9.47 Å². The van der Waals surface area contributed by atoms with Gasteiger partial charge in [0.05, 0.1) is 23.1 Å². The summed E-state index contributed by atoms with van der Waals surface area (Å²) in [5.41, 5.74) is -0.204. The van der Waals surface area contributed by atoms with Crippen molar-refractivity contribution in [2.24, 2.45) is 0 Å². The molecule has 10 nitrogen and oxygen atoms in total. The number of aromatic nitrogens is 2. The van der Waals surface area contributed by atoms with Crippen LogP contribution in [-0.4, -0.2) is 39.0 Å². The van der Waals surface area contributed by atoms with E-state index in [1.807, 2.05) is 0 Å². The molecule has 0 saturated carbocycles. The summed E-state index contributed by atoms with van der Waals surface area (Å²) >= 11 is 0. The Morgan fingerprint density at radius 3 is 2.42 bits per heavy atom. The van der Waals surface area contributed by atoms with Crippen molar-refractivity contribution in [3.63, 3.8) is 0 Å². The maximum Gasteiger partial charge on any atom is 0.362 e. The van der Waals surface area contributed by atoms with Gasteiger partial charge in [0, 0.05) is 22.9 Å². The number of benzene rings is 2. The number of aromatic carboxylic acids is 1. The molecule has 1 N–H and O–H groups in total. The zero-order valence-corrected chi connectivity index (χ0v) is 15.9. The van der Waals surface area contributed by atoms with Gasteiger partial charge in [-0.1, -0.05) is 6.07 Å². The highest BCUT2D eigenvalue weighted by Crippen LogP contribution is 2.27. The Balaban J connectivity index is 1.71. The van der Waals surface area contributed by atoms with Crippen molar-refractivity contribution in [1.29, 1.82) is 0 Å². The van der Waals surface area contributed by atoms with Crippen LogP contribution in [0.25, 0.3) is 21.8 Å². The summed E-state index contributed by atoms with van der Waals surface area (Å²) in [5.74, 6) is -1.98. The molecule has 0 spiro atoms. The van der Waals surface area contributed by atoms with Gasteiger partial charge in [-0.15, -0.1) is 0 Å². The molecular weight excluding hydrogens is 406 g/mol. The van der Waals surface area contributed by atoms with E-state index in [0.717, 1.165) is 11.5 Å². The first-order valence-corrected chi connectivity index (χ1v) is 8.85. The molecule has 4 aromatic rings. The molecule has 31 heavy (non-hydrogen) atoms. The summed E-state index contributed by atoms with van der Waals surface area (Å²) in [7, 11) is 1.54. The fourth-order valence-corrected chi connectivity index (χ4v) is 2.98. The van der Waals surface area contributed by atoms with Crippen LogP contribution in [0.3, 0.4) is 0 Å². The number of non-ortho nitro benzene ring substituents is 1. The van der Waals surface area contributed by atoms with Gasteiger partial charge in [-0.05, 0) is 36.4 Å². The van der Waals surface area contributed by atoms with Crippen LogP contribution in [0.4, 0.5) is 5.69 Å². The first-order valence-electron chi connectivity index (χ1n) is 8.85. The van der Waals surface area contributed by atoms with E-state index in [1.54, 1.807) is 24.3 Å². The topological polar surface area (TPSA) is 142 Å². The number of fused-ring (bicyclic) bond motifs is 2. The number of hydrogen-bond acceptors (Lipinski definition) is 8. The molecule has 2 aromatic heterocycles. The van der Waals surface area contributed by atoms with E-state index < -0.39 is 22.6 Å². The minimum atomic E-state index is -1.45. The molecule has 4 rings (SSSR count). The van der Waals surface area contributed by atoms with Crippen molar-refractivity contribution >= 4 is 39.4 Å². The number of pyridine rings is 2. The zero-order chi connectivity index (χ0) is 22.1. The third-order valence-electron chi connectivity index (χ3n) is 4.49. The predicted octanol–water partition coefficient (Wildman–Crippen LogP) is 3.62. The summed E-state index contributed by atoms with van der Waals surface area (Å²) in [6, 6.07) is 13.3. The van der Waals surface area contributed by atoms with Gasteiger partial charge < -0.3 is 14.6 Å². The van der Waals surface area contributed by atoms with Gasteiger partial charge in [0.25, 0.3) is 5.69 Å². The van der Waals surface area contributed by atoms with E-state index in [1.165, 1.54) is 31.4 Å². The molecule has 2 aromatic carbocycles. The number of ether oxygens (including phenoxy) is 2. The highest BCUT2D eigenvalue weighted by atomic mass is 16.6. The highest BCUT2D eigenvalue weighted by molar-refractivity contribution is 5.97. The van der Waals surface area contributed by atoms with Gasteiger partial charge in [-0.2, -0.15) is 0 Å². The number of hydrogen-bond donors (Lipinski definition) is 1. The number of nitro benzene ring substituents is 1. The van der Waals surface area contributed by atoms with Crippen molar-refractivity contribution in [2.75, 3.05) is 7.11 Å². The van der Waals surface area contributed by atoms with Gasteiger partial charge in [0.1, 0.15) is 11.4 Å². The Bertz CT molecular complexity index is 1380. The van der Waals surface area contributed by atoms with E-state index in [2.05, 4.69) is 9.97 Å². The molecule has 154 valence electrons. The van der Waals surface area contributed by atoms with Crippen molar-refractivity contribution < 1.29 is 29.1 Å². The number of esters is 1. The number of methoxy groups -OCH3 is 1. The molecule has 0 saturated heterocycles. The van der Waals surface area contributed by atoms with E-state index in [0.29, 0.717) is 16.7 Å². The third-order valence-corrected chi connectivity index (χ3v) is 4.49. The molecular formula is C21H13N3O7. The Hall–Kier alpha value is -4.60. The second-order valence-corrected chi connectivity index (χ2v) is 6.42. The maximum atomic E-state index is 12.6. The van der Waals surface area contributed by atoms with E-state index >= 15 is 0 Å². The number of nitrogens with zero attached hydrogens (tertiary/aromatic N) is 3. The number of rotatable bonds is 5. The first kappa shape index (κ1) is 19.7. The Kier molecular flexibility index (Phi) is 4.88. The number of carbonyl (C=O) groups is 2. The summed E-state index contributed by atoms with van der Waals surface area (Å²) in [4.78, 5) is 42.7. The molecule has 0 atom stereocenters. The van der Waals surface area contributed by atoms with Crippen molar-refractivity contribution in [3.8, 4) is 11.5 Å². The van der Waals surface area contributed by atoms with E-state index in [9.17, 15) is 24.8 Å². The predicted molar refractivity (Wildman–Crippen MR) is 109 cm³/mol. The Morgan fingerprint density at radius 1 is 0.968 bits per heavy atom. The second kappa shape index (κ2) is 7.67. The molecule has 0 unspecified atom stereocenters. The number of carboxylic acids is 1. The molecule has 0 radical (unpaired) electrons. The molecule has 10 heteroatoms. The molecule has 0 aliphatic carbocycles. The van der Waals surface area contributed by atoms with Gasteiger partial charge in [0.2, 0.25) is 0 Å². The smallest absolute Gasteiger partial charge is 0.362 e. The quantitative estimate of drug-likeness (QED) is 0.291. The van der Waals surface area contributed by atoms with Crippen LogP contribution in [0.2, 0.25) is 0 Å². The first-order chi connectivity index (χ1) is 14.9. The average molecular weight is 419 g/mol. The Labute approximate surface area is 173 Å². The van der Waals surface area contributed by atoms with Crippen LogP contribution in [0.1, 0.15) is 21.0 Å². The lowest BCUT2D eigenvalue weighted by atomic mass is 10.1. The normalized spacial score (nSPS) is 10.7. The van der Waals surface area contributed by atoms with Crippen LogP contribution < -0.4 is 9.47 Å². The number of nitro groups is 1. The third kappa shape index (κ3) is 3.81. The van der Waals surface area contributed by atoms with Crippen molar-refractivity contribution in [2.45, 2.75) is 0 Å².